The van der Waals surface area contributed by atoms with Gasteiger partial charge in [-0.2, -0.15) is 0 Å². The maximum absolute atomic E-state index is 11.5. The third kappa shape index (κ3) is 1.56. The van der Waals surface area contributed by atoms with Gasteiger partial charge in [0.15, 0.2) is 0 Å². The minimum Gasteiger partial charge on any atom is -0.291 e. The molecule has 0 saturated heterocycles. The van der Waals surface area contributed by atoms with Gasteiger partial charge in [0, 0.05) is 0 Å². The van der Waals surface area contributed by atoms with Gasteiger partial charge in [0.25, 0.3) is 5.91 Å². The van der Waals surface area contributed by atoms with Crippen molar-refractivity contribution in [2.24, 2.45) is 5.29 Å². The maximum atomic E-state index is 11.5. The molecular formula is C9H7N3O3. The van der Waals surface area contributed by atoms with Crippen LogP contribution >= 0.6 is 0 Å². The van der Waals surface area contributed by atoms with Crippen molar-refractivity contribution in [2.45, 2.75) is 0 Å². The van der Waals surface area contributed by atoms with Crippen molar-refractivity contribution in [1.82, 2.24) is 5.32 Å². The SMILES string of the molecule is O=NN1CC(=O)NC(=O)c2ccccc21. The first-order valence-electron chi connectivity index (χ1n) is 4.26. The third-order valence-corrected chi connectivity index (χ3v) is 2.07. The van der Waals surface area contributed by atoms with E-state index < -0.39 is 11.8 Å². The van der Waals surface area contributed by atoms with E-state index in [2.05, 4.69) is 10.6 Å². The summed E-state index contributed by atoms with van der Waals surface area (Å²) in [6.07, 6.45) is 0. The molecule has 1 N–H and O–H groups in total. The molecule has 0 unspecified atom stereocenters. The summed E-state index contributed by atoms with van der Waals surface area (Å²) >= 11 is 0. The molecule has 0 atom stereocenters. The first kappa shape index (κ1) is 9.32. The summed E-state index contributed by atoms with van der Waals surface area (Å²) in [5, 5.41) is 5.80. The second kappa shape index (κ2) is 3.49. The van der Waals surface area contributed by atoms with Crippen molar-refractivity contribution < 1.29 is 9.59 Å². The van der Waals surface area contributed by atoms with Crippen molar-refractivity contribution in [3.8, 4) is 0 Å². The average molecular weight is 205 g/mol. The van der Waals surface area contributed by atoms with E-state index in [1.807, 2.05) is 0 Å². The molecule has 0 fully saturated rings. The summed E-state index contributed by atoms with van der Waals surface area (Å²) in [4.78, 5) is 33.1. The number of hydrogen-bond acceptors (Lipinski definition) is 4. The number of nitrogens with zero attached hydrogens (tertiary/aromatic N) is 2. The molecule has 0 saturated carbocycles. The zero-order chi connectivity index (χ0) is 10.8. The van der Waals surface area contributed by atoms with Crippen molar-refractivity contribution in [2.75, 3.05) is 11.6 Å². The number of fused-ring (bicyclic) bond motifs is 1. The molecule has 6 nitrogen and oxygen atoms in total. The van der Waals surface area contributed by atoms with Crippen LogP contribution < -0.4 is 10.3 Å². The molecule has 0 aromatic heterocycles. The van der Waals surface area contributed by atoms with E-state index in [-0.39, 0.29) is 12.1 Å². The first-order valence-corrected chi connectivity index (χ1v) is 4.26. The van der Waals surface area contributed by atoms with Gasteiger partial charge in [-0.3, -0.25) is 14.9 Å². The zero-order valence-corrected chi connectivity index (χ0v) is 7.64. The van der Waals surface area contributed by atoms with Crippen LogP contribution in [0.5, 0.6) is 0 Å². The van der Waals surface area contributed by atoms with Gasteiger partial charge in [0.05, 0.1) is 16.5 Å². The zero-order valence-electron chi connectivity index (χ0n) is 7.64. The predicted octanol–water partition coefficient (Wildman–Crippen LogP) is 0.444. The second-order valence-corrected chi connectivity index (χ2v) is 3.03. The highest BCUT2D eigenvalue weighted by Crippen LogP contribution is 2.22. The van der Waals surface area contributed by atoms with Crippen LogP contribution in [-0.2, 0) is 4.79 Å². The Bertz CT molecular complexity index is 444. The molecule has 0 radical (unpaired) electrons. The highest BCUT2D eigenvalue weighted by atomic mass is 16.3. The summed E-state index contributed by atoms with van der Waals surface area (Å²) in [6.45, 7) is -0.244. The van der Waals surface area contributed by atoms with Crippen LogP contribution in [0, 0.1) is 4.91 Å². The number of para-hydroxylation sites is 1. The molecular weight excluding hydrogens is 198 g/mol. The highest BCUT2D eigenvalue weighted by molar-refractivity contribution is 6.10. The molecule has 1 aromatic rings. The highest BCUT2D eigenvalue weighted by Gasteiger charge is 2.24. The largest absolute Gasteiger partial charge is 0.291 e. The minimum absolute atomic E-state index is 0.244. The summed E-state index contributed by atoms with van der Waals surface area (Å²) in [5.41, 5.74) is 0.610. The Hall–Kier alpha value is -2.24. The van der Waals surface area contributed by atoms with E-state index in [1.165, 1.54) is 6.07 Å². The number of carbonyl (C=O) groups excluding carboxylic acids is 2. The van der Waals surface area contributed by atoms with Gasteiger partial charge < -0.3 is 0 Å². The van der Waals surface area contributed by atoms with E-state index in [9.17, 15) is 14.5 Å². The Balaban J connectivity index is 2.56. The Kier molecular flexibility index (Phi) is 2.17. The van der Waals surface area contributed by atoms with E-state index in [0.717, 1.165) is 5.01 Å². The van der Waals surface area contributed by atoms with Crippen LogP contribution in [0.2, 0.25) is 0 Å². The topological polar surface area (TPSA) is 78.8 Å². The fourth-order valence-electron chi connectivity index (χ4n) is 1.42. The molecule has 76 valence electrons. The molecule has 0 aliphatic carbocycles. The number of hydrogen-bond donors (Lipinski definition) is 1. The van der Waals surface area contributed by atoms with Gasteiger partial charge in [0.1, 0.15) is 6.54 Å². The lowest BCUT2D eigenvalue weighted by Crippen LogP contribution is -2.33. The first-order chi connectivity index (χ1) is 7.22. The monoisotopic (exact) mass is 205 g/mol. The van der Waals surface area contributed by atoms with Gasteiger partial charge in [-0.05, 0) is 12.1 Å². The summed E-state index contributed by atoms with van der Waals surface area (Å²) < 4.78 is 0. The Labute approximate surface area is 84.8 Å². The van der Waals surface area contributed by atoms with Gasteiger partial charge in [-0.1, -0.05) is 12.1 Å². The quantitative estimate of drug-likeness (QED) is 0.533. The van der Waals surface area contributed by atoms with Crippen LogP contribution in [0.4, 0.5) is 5.69 Å². The molecule has 1 heterocycles. The third-order valence-electron chi connectivity index (χ3n) is 2.07. The molecule has 1 aliphatic rings. The van der Waals surface area contributed by atoms with Gasteiger partial charge in [0.2, 0.25) is 5.91 Å². The Morgan fingerprint density at radius 3 is 2.73 bits per heavy atom. The van der Waals surface area contributed by atoms with E-state index >= 15 is 0 Å². The number of amides is 2. The predicted molar refractivity (Wildman–Crippen MR) is 52.1 cm³/mol. The number of anilines is 1. The van der Waals surface area contributed by atoms with Gasteiger partial charge >= 0.3 is 0 Å². The molecule has 1 aliphatic heterocycles. The number of carbonyl (C=O) groups is 2. The number of nitrogens with one attached hydrogen (secondary N) is 1. The Morgan fingerprint density at radius 2 is 2.00 bits per heavy atom. The maximum Gasteiger partial charge on any atom is 0.260 e. The van der Waals surface area contributed by atoms with Crippen molar-refractivity contribution in [3.63, 3.8) is 0 Å². The Morgan fingerprint density at radius 1 is 1.27 bits per heavy atom. The van der Waals surface area contributed by atoms with E-state index in [1.54, 1.807) is 18.2 Å². The van der Waals surface area contributed by atoms with Crippen LogP contribution in [-0.4, -0.2) is 18.4 Å². The molecule has 6 heteroatoms. The van der Waals surface area contributed by atoms with Crippen LogP contribution in [0.3, 0.4) is 0 Å². The lowest BCUT2D eigenvalue weighted by Gasteiger charge is -2.11. The van der Waals surface area contributed by atoms with Crippen LogP contribution in [0.15, 0.2) is 29.6 Å². The molecule has 0 spiro atoms. The van der Waals surface area contributed by atoms with E-state index in [4.69, 9.17) is 0 Å². The standard InChI is InChI=1S/C9H7N3O3/c13-8-5-12(11-15)7-4-2-1-3-6(7)9(14)10-8/h1-4H,5H2,(H,10,13,14). The number of rotatable bonds is 1. The number of nitroso groups, excluding NO2 is 1. The molecule has 15 heavy (non-hydrogen) atoms. The lowest BCUT2D eigenvalue weighted by molar-refractivity contribution is -0.118. The summed E-state index contributed by atoms with van der Waals surface area (Å²) in [6, 6.07) is 6.41. The van der Waals surface area contributed by atoms with Crippen molar-refractivity contribution in [3.05, 3.63) is 34.7 Å². The summed E-state index contributed by atoms with van der Waals surface area (Å²) in [7, 11) is 0. The number of imide groups is 1. The second-order valence-electron chi connectivity index (χ2n) is 3.03. The molecule has 0 bridgehead atoms. The molecule has 2 amide bonds. The average Bonchev–Trinajstić information content (AvgIpc) is 2.36. The lowest BCUT2D eigenvalue weighted by atomic mass is 10.1. The molecule has 2 rings (SSSR count). The molecule has 1 aromatic carbocycles. The normalized spacial score (nSPS) is 15.3. The number of benzene rings is 1. The fraction of sp³-hybridized carbons (Fsp3) is 0.111. The smallest absolute Gasteiger partial charge is 0.260 e. The van der Waals surface area contributed by atoms with Crippen molar-refractivity contribution in [1.29, 1.82) is 0 Å². The van der Waals surface area contributed by atoms with Crippen molar-refractivity contribution >= 4 is 17.5 Å². The fourth-order valence-corrected chi connectivity index (χ4v) is 1.42. The van der Waals surface area contributed by atoms with Gasteiger partial charge in [-0.15, -0.1) is 4.91 Å². The summed E-state index contributed by atoms with van der Waals surface area (Å²) in [5.74, 6) is -1.06. The van der Waals surface area contributed by atoms with E-state index in [0.29, 0.717) is 5.69 Å². The van der Waals surface area contributed by atoms with Crippen LogP contribution in [0.1, 0.15) is 10.4 Å². The van der Waals surface area contributed by atoms with Crippen LogP contribution in [0.25, 0.3) is 0 Å². The van der Waals surface area contributed by atoms with Gasteiger partial charge in [-0.25, -0.2) is 5.01 Å². The minimum atomic E-state index is -0.546.